The number of hydrogen-bond acceptors (Lipinski definition) is 4. The van der Waals surface area contributed by atoms with Crippen LogP contribution in [0.2, 0.25) is 0 Å². The molecule has 0 radical (unpaired) electrons. The first kappa shape index (κ1) is 16.1. The minimum Gasteiger partial charge on any atom is -0.469 e. The second kappa shape index (κ2) is 5.08. The number of amides is 1. The third-order valence-corrected chi connectivity index (χ3v) is 5.06. The van der Waals surface area contributed by atoms with Crippen LogP contribution in [0, 0.1) is 11.8 Å². The van der Waals surface area contributed by atoms with Gasteiger partial charge in [0.1, 0.15) is 11.5 Å². The highest BCUT2D eigenvalue weighted by Gasteiger charge is 2.67. The van der Waals surface area contributed by atoms with Crippen LogP contribution in [0.4, 0.5) is 18.9 Å². The van der Waals surface area contributed by atoms with Crippen molar-refractivity contribution < 1.29 is 32.2 Å². The molecule has 4 atom stereocenters. The summed E-state index contributed by atoms with van der Waals surface area (Å²) in [7, 11) is 1.23. The number of alkyl halides is 3. The van der Waals surface area contributed by atoms with Gasteiger partial charge in [-0.15, -0.1) is 0 Å². The monoisotopic (exact) mass is 353 g/mol. The third kappa shape index (κ3) is 2.20. The summed E-state index contributed by atoms with van der Waals surface area (Å²) < 4.78 is 49.4. The highest BCUT2D eigenvalue weighted by molar-refractivity contribution is 6.02. The van der Waals surface area contributed by atoms with Gasteiger partial charge in [0.2, 0.25) is 5.91 Å². The largest absolute Gasteiger partial charge is 0.469 e. The first-order valence-corrected chi connectivity index (χ1v) is 7.70. The van der Waals surface area contributed by atoms with Crippen molar-refractivity contribution in [1.82, 2.24) is 0 Å². The van der Waals surface area contributed by atoms with Gasteiger partial charge in [-0.1, -0.05) is 18.2 Å². The second-order valence-corrected chi connectivity index (χ2v) is 6.40. The average molecular weight is 353 g/mol. The van der Waals surface area contributed by atoms with Crippen LogP contribution < -0.4 is 4.90 Å². The number of fused-ring (bicyclic) bond motifs is 1. The molecule has 5 nitrogen and oxygen atoms in total. The number of nitrogens with zero attached hydrogens (tertiary/aromatic N) is 1. The Kier molecular flexibility index (Phi) is 3.28. The molecule has 1 amide bonds. The maximum Gasteiger partial charge on any atom is 0.416 e. The fraction of sp³-hybridized carbons (Fsp3) is 0.412. The van der Waals surface area contributed by atoms with E-state index in [1.807, 2.05) is 0 Å². The van der Waals surface area contributed by atoms with Gasteiger partial charge in [-0.2, -0.15) is 13.2 Å². The number of carbonyl (C=O) groups excluding carboxylic acids is 2. The molecular weight excluding hydrogens is 339 g/mol. The molecule has 2 fully saturated rings. The Morgan fingerprint density at radius 2 is 2.16 bits per heavy atom. The molecule has 1 aromatic carbocycles. The summed E-state index contributed by atoms with van der Waals surface area (Å²) >= 11 is 0. The number of carbonyl (C=O) groups is 2. The van der Waals surface area contributed by atoms with Crippen molar-refractivity contribution in [2.45, 2.75) is 17.9 Å². The van der Waals surface area contributed by atoms with Crippen molar-refractivity contribution in [3.8, 4) is 0 Å². The Balaban J connectivity index is 1.71. The highest BCUT2D eigenvalue weighted by atomic mass is 19.4. The lowest BCUT2D eigenvalue weighted by Crippen LogP contribution is -2.39. The molecule has 1 spiro atoms. The Bertz CT molecular complexity index is 790. The van der Waals surface area contributed by atoms with Crippen LogP contribution in [0.15, 0.2) is 36.4 Å². The average Bonchev–Trinajstić information content (AvgIpc) is 3.22. The summed E-state index contributed by atoms with van der Waals surface area (Å²) in [4.78, 5) is 26.2. The molecule has 0 N–H and O–H groups in total. The zero-order chi connectivity index (χ0) is 18.0. The Morgan fingerprint density at radius 1 is 1.40 bits per heavy atom. The van der Waals surface area contributed by atoms with E-state index in [4.69, 9.17) is 9.47 Å². The van der Waals surface area contributed by atoms with Crippen molar-refractivity contribution >= 4 is 17.6 Å². The molecule has 3 aliphatic rings. The number of rotatable bonds is 2. The van der Waals surface area contributed by atoms with E-state index in [1.54, 1.807) is 12.2 Å². The zero-order valence-corrected chi connectivity index (χ0v) is 13.1. The van der Waals surface area contributed by atoms with Gasteiger partial charge in [-0.05, 0) is 18.2 Å². The van der Waals surface area contributed by atoms with Gasteiger partial charge in [0, 0.05) is 5.69 Å². The summed E-state index contributed by atoms with van der Waals surface area (Å²) in [6.45, 7) is 0.0678. The molecule has 2 saturated heterocycles. The predicted octanol–water partition coefficient (Wildman–Crippen LogP) is 2.16. The summed E-state index contributed by atoms with van der Waals surface area (Å²) in [6.07, 6.45) is -1.60. The van der Waals surface area contributed by atoms with E-state index in [1.165, 1.54) is 24.1 Å². The molecule has 0 unspecified atom stereocenters. The number of halogens is 3. The zero-order valence-electron chi connectivity index (χ0n) is 13.1. The standard InChI is InChI=1S/C17H14F3NO4/c1-24-15(23)12-11-5-6-16(25-11)8-21(14(22)13(12)16)10-4-2-3-9(7-10)17(18,19)20/h2-7,11-13H,8H2,1H3/t11-,12+,13+,16-/m1/s1. The van der Waals surface area contributed by atoms with Gasteiger partial charge in [-0.3, -0.25) is 9.59 Å². The van der Waals surface area contributed by atoms with E-state index < -0.39 is 47.2 Å². The number of ether oxygens (including phenoxy) is 2. The van der Waals surface area contributed by atoms with Crippen LogP contribution in [-0.2, 0) is 25.2 Å². The van der Waals surface area contributed by atoms with Crippen LogP contribution >= 0.6 is 0 Å². The molecular formula is C17H14F3NO4. The first-order valence-electron chi connectivity index (χ1n) is 7.70. The molecule has 0 aliphatic carbocycles. The quantitative estimate of drug-likeness (QED) is 0.604. The molecule has 132 valence electrons. The van der Waals surface area contributed by atoms with E-state index in [-0.39, 0.29) is 12.2 Å². The SMILES string of the molecule is COC(=O)[C@@H]1[C@H]2C(=O)N(c3cccc(C(F)(F)F)c3)C[C@]23C=C[C@H]1O3. The number of anilines is 1. The second-order valence-electron chi connectivity index (χ2n) is 6.40. The van der Waals surface area contributed by atoms with Gasteiger partial charge >= 0.3 is 12.1 Å². The van der Waals surface area contributed by atoms with Crippen LogP contribution in [0.25, 0.3) is 0 Å². The maximum atomic E-state index is 12.9. The van der Waals surface area contributed by atoms with Crippen LogP contribution in [-0.4, -0.2) is 37.2 Å². The molecule has 25 heavy (non-hydrogen) atoms. The normalized spacial score (nSPS) is 33.0. The number of benzene rings is 1. The first-order chi connectivity index (χ1) is 11.8. The molecule has 0 aromatic heterocycles. The number of esters is 1. The maximum absolute atomic E-state index is 12.9. The van der Waals surface area contributed by atoms with Crippen molar-refractivity contribution in [2.75, 3.05) is 18.6 Å². The molecule has 8 heteroatoms. The minimum absolute atomic E-state index is 0.0678. The Labute approximate surface area is 141 Å². The van der Waals surface area contributed by atoms with Crippen molar-refractivity contribution in [3.05, 3.63) is 42.0 Å². The van der Waals surface area contributed by atoms with Crippen molar-refractivity contribution in [3.63, 3.8) is 0 Å². The van der Waals surface area contributed by atoms with Gasteiger partial charge in [0.25, 0.3) is 0 Å². The lowest BCUT2D eigenvalue weighted by molar-refractivity contribution is -0.149. The topological polar surface area (TPSA) is 55.8 Å². The lowest BCUT2D eigenvalue weighted by atomic mass is 9.77. The van der Waals surface area contributed by atoms with Crippen LogP contribution in [0.1, 0.15) is 5.56 Å². The van der Waals surface area contributed by atoms with Crippen LogP contribution in [0.5, 0.6) is 0 Å². The Morgan fingerprint density at radius 3 is 2.84 bits per heavy atom. The third-order valence-electron chi connectivity index (χ3n) is 5.06. The summed E-state index contributed by atoms with van der Waals surface area (Å²) in [5.41, 5.74) is -1.69. The lowest BCUT2D eigenvalue weighted by Gasteiger charge is -2.22. The summed E-state index contributed by atoms with van der Waals surface area (Å²) in [5.74, 6) is -2.55. The van der Waals surface area contributed by atoms with Crippen molar-refractivity contribution in [2.24, 2.45) is 11.8 Å². The minimum atomic E-state index is -4.50. The van der Waals surface area contributed by atoms with Crippen molar-refractivity contribution in [1.29, 1.82) is 0 Å². The van der Waals surface area contributed by atoms with Gasteiger partial charge in [0.15, 0.2) is 0 Å². The fourth-order valence-corrected chi connectivity index (χ4v) is 3.97. The molecule has 4 rings (SSSR count). The van der Waals surface area contributed by atoms with E-state index in [0.717, 1.165) is 12.1 Å². The van der Waals surface area contributed by atoms with E-state index in [0.29, 0.717) is 0 Å². The van der Waals surface area contributed by atoms with Crippen LogP contribution in [0.3, 0.4) is 0 Å². The molecule has 0 saturated carbocycles. The van der Waals surface area contributed by atoms with E-state index in [9.17, 15) is 22.8 Å². The van der Waals surface area contributed by atoms with Gasteiger partial charge in [-0.25, -0.2) is 0 Å². The van der Waals surface area contributed by atoms with E-state index >= 15 is 0 Å². The molecule has 3 aliphatic heterocycles. The predicted molar refractivity (Wildman–Crippen MR) is 79.5 cm³/mol. The smallest absolute Gasteiger partial charge is 0.416 e. The molecule has 1 aromatic rings. The summed E-state index contributed by atoms with van der Waals surface area (Å²) in [5, 5.41) is 0. The number of hydrogen-bond donors (Lipinski definition) is 0. The number of methoxy groups -OCH3 is 1. The summed E-state index contributed by atoms with van der Waals surface area (Å²) in [6, 6.07) is 4.57. The Hall–Kier alpha value is -2.35. The van der Waals surface area contributed by atoms with Gasteiger partial charge in [0.05, 0.1) is 31.2 Å². The van der Waals surface area contributed by atoms with Gasteiger partial charge < -0.3 is 14.4 Å². The molecule has 2 bridgehead atoms. The highest BCUT2D eigenvalue weighted by Crippen LogP contribution is 2.53. The van der Waals surface area contributed by atoms with E-state index in [2.05, 4.69) is 0 Å². The molecule has 3 heterocycles. The fourth-order valence-electron chi connectivity index (χ4n) is 3.97.